The van der Waals surface area contributed by atoms with Crippen LogP contribution < -0.4 is 19.5 Å². The Bertz CT molecular complexity index is 819. The highest BCUT2D eigenvalue weighted by atomic mass is 19.1. The van der Waals surface area contributed by atoms with E-state index in [1.54, 1.807) is 30.3 Å². The minimum Gasteiger partial charge on any atom is -0.493 e. The van der Waals surface area contributed by atoms with E-state index in [9.17, 15) is 9.18 Å². The number of amides is 1. The molecular formula is C22H26FNO4. The molecule has 0 radical (unpaired) electrons. The highest BCUT2D eigenvalue weighted by Gasteiger charge is 2.20. The predicted octanol–water partition coefficient (Wildman–Crippen LogP) is 4.00. The number of nitrogens with one attached hydrogen (secondary N) is 1. The second-order valence-electron chi connectivity index (χ2n) is 6.97. The minimum atomic E-state index is -0.492. The molecule has 1 amide bonds. The molecule has 0 heterocycles. The Morgan fingerprint density at radius 2 is 1.61 bits per heavy atom. The maximum atomic E-state index is 13.0. The zero-order chi connectivity index (χ0) is 20.7. The number of ether oxygens (including phenoxy) is 3. The lowest BCUT2D eigenvalue weighted by atomic mass is 9.95. The van der Waals surface area contributed by atoms with Crippen molar-refractivity contribution in [3.05, 3.63) is 59.4 Å². The molecule has 2 aromatic carbocycles. The fraction of sp³-hybridized carbons (Fsp3) is 0.318. The Morgan fingerprint density at radius 3 is 2.11 bits per heavy atom. The molecule has 28 heavy (non-hydrogen) atoms. The Labute approximate surface area is 165 Å². The third kappa shape index (κ3) is 5.74. The summed E-state index contributed by atoms with van der Waals surface area (Å²) < 4.78 is 29.0. The number of benzene rings is 2. The molecule has 0 saturated carbocycles. The second kappa shape index (κ2) is 9.26. The SMILES string of the molecule is COc1cc(C=CC(=O)NC(C)(C)Cc2ccc(F)cc2)cc(OC)c1OC. The quantitative estimate of drug-likeness (QED) is 0.696. The van der Waals surface area contributed by atoms with Gasteiger partial charge in [0.1, 0.15) is 5.82 Å². The lowest BCUT2D eigenvalue weighted by Crippen LogP contribution is -2.44. The monoisotopic (exact) mass is 387 g/mol. The molecule has 0 aliphatic heterocycles. The van der Waals surface area contributed by atoms with Gasteiger partial charge >= 0.3 is 0 Å². The second-order valence-corrected chi connectivity index (χ2v) is 6.97. The van der Waals surface area contributed by atoms with E-state index < -0.39 is 5.54 Å². The van der Waals surface area contributed by atoms with E-state index in [1.165, 1.54) is 39.5 Å². The molecule has 0 saturated heterocycles. The van der Waals surface area contributed by atoms with Crippen LogP contribution in [0.1, 0.15) is 25.0 Å². The van der Waals surface area contributed by atoms with Gasteiger partial charge in [0.15, 0.2) is 11.5 Å². The van der Waals surface area contributed by atoms with Crippen molar-refractivity contribution >= 4 is 12.0 Å². The van der Waals surface area contributed by atoms with Crippen LogP contribution in [0.15, 0.2) is 42.5 Å². The van der Waals surface area contributed by atoms with Gasteiger partial charge in [0.25, 0.3) is 0 Å². The van der Waals surface area contributed by atoms with Gasteiger partial charge in [-0.2, -0.15) is 0 Å². The van der Waals surface area contributed by atoms with Crippen molar-refractivity contribution in [1.29, 1.82) is 0 Å². The summed E-state index contributed by atoms with van der Waals surface area (Å²) in [6.07, 6.45) is 3.71. The van der Waals surface area contributed by atoms with Crippen LogP contribution in [0.3, 0.4) is 0 Å². The molecule has 0 unspecified atom stereocenters. The van der Waals surface area contributed by atoms with Gasteiger partial charge in [-0.1, -0.05) is 12.1 Å². The molecule has 0 bridgehead atoms. The zero-order valence-electron chi connectivity index (χ0n) is 16.8. The van der Waals surface area contributed by atoms with Gasteiger partial charge < -0.3 is 19.5 Å². The molecule has 2 rings (SSSR count). The fourth-order valence-electron chi connectivity index (χ4n) is 2.90. The largest absolute Gasteiger partial charge is 0.493 e. The molecule has 1 N–H and O–H groups in total. The first-order valence-electron chi connectivity index (χ1n) is 8.82. The van der Waals surface area contributed by atoms with Crippen molar-refractivity contribution < 1.29 is 23.4 Å². The Hall–Kier alpha value is -3.02. The van der Waals surface area contributed by atoms with Crippen molar-refractivity contribution in [3.63, 3.8) is 0 Å². The third-order valence-corrected chi connectivity index (χ3v) is 4.14. The number of halogens is 1. The normalized spacial score (nSPS) is 11.4. The smallest absolute Gasteiger partial charge is 0.244 e. The van der Waals surface area contributed by atoms with Gasteiger partial charge in [-0.15, -0.1) is 0 Å². The van der Waals surface area contributed by atoms with E-state index >= 15 is 0 Å². The summed E-state index contributed by atoms with van der Waals surface area (Å²) >= 11 is 0. The summed E-state index contributed by atoms with van der Waals surface area (Å²) in [7, 11) is 4.61. The van der Waals surface area contributed by atoms with Crippen LogP contribution in [0, 0.1) is 5.82 Å². The van der Waals surface area contributed by atoms with Crippen LogP contribution in [0.4, 0.5) is 4.39 Å². The van der Waals surface area contributed by atoms with E-state index in [0.29, 0.717) is 23.7 Å². The summed E-state index contributed by atoms with van der Waals surface area (Å²) in [6, 6.07) is 9.78. The number of methoxy groups -OCH3 is 3. The molecule has 150 valence electrons. The summed E-state index contributed by atoms with van der Waals surface area (Å²) in [6.45, 7) is 3.84. The minimum absolute atomic E-state index is 0.235. The van der Waals surface area contributed by atoms with E-state index in [0.717, 1.165) is 11.1 Å². The molecule has 0 aromatic heterocycles. The van der Waals surface area contributed by atoms with Crippen molar-refractivity contribution in [2.75, 3.05) is 21.3 Å². The molecule has 0 aliphatic carbocycles. The number of hydrogen-bond donors (Lipinski definition) is 1. The van der Waals surface area contributed by atoms with Crippen LogP contribution >= 0.6 is 0 Å². The number of hydrogen-bond acceptors (Lipinski definition) is 4. The zero-order valence-corrected chi connectivity index (χ0v) is 16.8. The van der Waals surface area contributed by atoms with Gasteiger partial charge in [0, 0.05) is 11.6 Å². The number of carbonyl (C=O) groups is 1. The maximum absolute atomic E-state index is 13.0. The fourth-order valence-corrected chi connectivity index (χ4v) is 2.90. The van der Waals surface area contributed by atoms with E-state index in [-0.39, 0.29) is 11.7 Å². The lowest BCUT2D eigenvalue weighted by molar-refractivity contribution is -0.117. The van der Waals surface area contributed by atoms with E-state index in [2.05, 4.69) is 5.32 Å². The molecular weight excluding hydrogens is 361 g/mol. The third-order valence-electron chi connectivity index (χ3n) is 4.14. The molecule has 0 spiro atoms. The van der Waals surface area contributed by atoms with Crippen LogP contribution in [0.5, 0.6) is 17.2 Å². The summed E-state index contributed by atoms with van der Waals surface area (Å²) in [5.41, 5.74) is 1.19. The van der Waals surface area contributed by atoms with Gasteiger partial charge in [-0.05, 0) is 61.7 Å². The molecule has 0 aliphatic rings. The van der Waals surface area contributed by atoms with Crippen LogP contribution in [-0.2, 0) is 11.2 Å². The molecule has 6 heteroatoms. The predicted molar refractivity (Wildman–Crippen MR) is 107 cm³/mol. The van der Waals surface area contributed by atoms with Crippen molar-refractivity contribution in [2.24, 2.45) is 0 Å². The first-order chi connectivity index (χ1) is 13.3. The van der Waals surface area contributed by atoms with Gasteiger partial charge in [0.05, 0.1) is 21.3 Å². The van der Waals surface area contributed by atoms with Crippen molar-refractivity contribution in [3.8, 4) is 17.2 Å². The van der Waals surface area contributed by atoms with Crippen molar-refractivity contribution in [2.45, 2.75) is 25.8 Å². The summed E-state index contributed by atoms with van der Waals surface area (Å²) in [5, 5.41) is 2.96. The standard InChI is InChI=1S/C22H26FNO4/c1-22(2,14-15-6-9-17(23)10-7-15)24-20(25)11-8-16-12-18(26-3)21(28-5)19(13-16)27-4/h6-13H,14H2,1-5H3,(H,24,25). The first-order valence-corrected chi connectivity index (χ1v) is 8.82. The van der Waals surface area contributed by atoms with Gasteiger partial charge in [-0.25, -0.2) is 4.39 Å². The first kappa shape index (κ1) is 21.3. The van der Waals surface area contributed by atoms with E-state index in [1.807, 2.05) is 13.8 Å². The maximum Gasteiger partial charge on any atom is 0.244 e. The Kier molecular flexibility index (Phi) is 7.04. The highest BCUT2D eigenvalue weighted by Crippen LogP contribution is 2.38. The van der Waals surface area contributed by atoms with Crippen molar-refractivity contribution in [1.82, 2.24) is 5.32 Å². The van der Waals surface area contributed by atoms with Gasteiger partial charge in [-0.3, -0.25) is 4.79 Å². The summed E-state index contributed by atoms with van der Waals surface area (Å²) in [4.78, 5) is 12.4. The van der Waals surface area contributed by atoms with Crippen LogP contribution in [-0.4, -0.2) is 32.8 Å². The topological polar surface area (TPSA) is 56.8 Å². The Morgan fingerprint density at radius 1 is 1.04 bits per heavy atom. The average molecular weight is 387 g/mol. The molecule has 0 fully saturated rings. The summed E-state index contributed by atoms with van der Waals surface area (Å²) in [5.74, 6) is 1.00. The molecule has 0 atom stereocenters. The van der Waals surface area contributed by atoms with E-state index in [4.69, 9.17) is 14.2 Å². The Balaban J connectivity index is 2.09. The number of rotatable bonds is 8. The molecule has 5 nitrogen and oxygen atoms in total. The van der Waals surface area contributed by atoms with Crippen LogP contribution in [0.2, 0.25) is 0 Å². The number of carbonyl (C=O) groups excluding carboxylic acids is 1. The van der Waals surface area contributed by atoms with Gasteiger partial charge in [0.2, 0.25) is 11.7 Å². The van der Waals surface area contributed by atoms with Crippen LogP contribution in [0.25, 0.3) is 6.08 Å². The lowest BCUT2D eigenvalue weighted by Gasteiger charge is -2.25. The molecule has 2 aromatic rings. The highest BCUT2D eigenvalue weighted by molar-refractivity contribution is 5.92. The average Bonchev–Trinajstić information content (AvgIpc) is 2.66.